The molecule has 5 rings (SSSR count). The Morgan fingerprint density at radius 3 is 2.53 bits per heavy atom. The highest BCUT2D eigenvalue weighted by Gasteiger charge is 2.30. The van der Waals surface area contributed by atoms with Crippen molar-refractivity contribution in [1.82, 2.24) is 20.1 Å². The van der Waals surface area contributed by atoms with Crippen LogP contribution in [-0.2, 0) is 7.05 Å². The van der Waals surface area contributed by atoms with Crippen LogP contribution in [-0.4, -0.2) is 38.5 Å². The number of pyridine rings is 1. The van der Waals surface area contributed by atoms with Gasteiger partial charge in [0, 0.05) is 43.5 Å². The van der Waals surface area contributed by atoms with Crippen LogP contribution in [0.15, 0.2) is 53.5 Å². The number of hydrogen-bond donors (Lipinski definition) is 3. The third-order valence-corrected chi connectivity index (χ3v) is 6.76. The van der Waals surface area contributed by atoms with Gasteiger partial charge in [-0.25, -0.2) is 0 Å². The Kier molecular flexibility index (Phi) is 5.66. The summed E-state index contributed by atoms with van der Waals surface area (Å²) in [6.45, 7) is 0.916. The number of anilines is 1. The molecule has 0 saturated carbocycles. The van der Waals surface area contributed by atoms with Crippen LogP contribution in [0.2, 0.25) is 0 Å². The topological polar surface area (TPSA) is 92.1 Å². The normalized spacial score (nSPS) is 22.5. The minimum absolute atomic E-state index is 0.0901. The van der Waals surface area contributed by atoms with Crippen LogP contribution in [0.1, 0.15) is 32.1 Å². The van der Waals surface area contributed by atoms with E-state index in [0.29, 0.717) is 29.3 Å². The largest absolute Gasteiger partial charge is 0.507 e. The van der Waals surface area contributed by atoms with Gasteiger partial charge in [0.2, 0.25) is 0 Å². The molecule has 0 amide bonds. The van der Waals surface area contributed by atoms with Gasteiger partial charge in [-0.05, 0) is 73.1 Å². The summed E-state index contributed by atoms with van der Waals surface area (Å²) in [6.07, 6.45) is 8.12. The van der Waals surface area contributed by atoms with Gasteiger partial charge in [-0.2, -0.15) is 0 Å². The lowest BCUT2D eigenvalue weighted by Crippen LogP contribution is -2.49. The number of hydrogen-bond acceptors (Lipinski definition) is 6. The van der Waals surface area contributed by atoms with E-state index in [4.69, 9.17) is 0 Å². The molecule has 7 heteroatoms. The summed E-state index contributed by atoms with van der Waals surface area (Å²) in [6, 6.07) is 13.9. The van der Waals surface area contributed by atoms with E-state index >= 15 is 0 Å². The van der Waals surface area contributed by atoms with Crippen LogP contribution >= 0.6 is 0 Å². The second-order valence-corrected chi connectivity index (χ2v) is 9.11. The lowest BCUT2D eigenvalue weighted by molar-refractivity contribution is 0.192. The van der Waals surface area contributed by atoms with Crippen molar-refractivity contribution in [3.63, 3.8) is 0 Å². The first-order valence-corrected chi connectivity index (χ1v) is 11.4. The molecule has 2 atom stereocenters. The molecule has 3 aromatic rings. The van der Waals surface area contributed by atoms with E-state index in [1.807, 2.05) is 30.3 Å². The van der Waals surface area contributed by atoms with E-state index in [9.17, 15) is 9.90 Å². The van der Waals surface area contributed by atoms with Crippen LogP contribution in [0, 0.1) is 5.92 Å². The molecule has 4 heterocycles. The molecule has 1 aromatic carbocycles. The van der Waals surface area contributed by atoms with E-state index in [1.54, 1.807) is 25.4 Å². The maximum absolute atomic E-state index is 11.9. The van der Waals surface area contributed by atoms with Crippen molar-refractivity contribution in [2.75, 3.05) is 11.9 Å². The number of piperidine rings is 2. The van der Waals surface area contributed by atoms with Crippen LogP contribution in [0.5, 0.6) is 5.75 Å². The summed E-state index contributed by atoms with van der Waals surface area (Å²) in [4.78, 5) is 11.9. The summed E-state index contributed by atoms with van der Waals surface area (Å²) < 4.78 is 1.51. The summed E-state index contributed by atoms with van der Waals surface area (Å²) in [5.41, 5.74) is 2.68. The predicted molar refractivity (Wildman–Crippen MR) is 126 cm³/mol. The van der Waals surface area contributed by atoms with Crippen LogP contribution in [0.25, 0.3) is 22.4 Å². The van der Waals surface area contributed by atoms with Crippen molar-refractivity contribution >= 4 is 5.82 Å². The Morgan fingerprint density at radius 1 is 1.06 bits per heavy atom. The zero-order valence-electron chi connectivity index (χ0n) is 18.3. The molecule has 2 bridgehead atoms. The van der Waals surface area contributed by atoms with Gasteiger partial charge in [0.15, 0.2) is 0 Å². The van der Waals surface area contributed by atoms with Gasteiger partial charge >= 0.3 is 0 Å². The molecule has 166 valence electrons. The number of phenolic OH excluding ortho intramolecular Hbond substituents is 1. The molecule has 0 radical (unpaired) electrons. The molecule has 0 aliphatic carbocycles. The number of aryl methyl sites for hydroxylation is 1. The summed E-state index contributed by atoms with van der Waals surface area (Å²) in [5, 5.41) is 26.4. The third kappa shape index (κ3) is 4.39. The number of aromatic hydroxyl groups is 1. The molecule has 0 spiro atoms. The standard InChI is InChI=1S/C25H29N5O2/c1-30-10-9-18(14-25(30)32)17-5-6-21(23(31)13-17)22-7-8-24(29-28-22)26-15-16-11-19-3-2-4-20(12-16)27-19/h5-10,13-14,16,19-20,27,31H,2-4,11-12,15H2,1H3,(H,26,29). The lowest BCUT2D eigenvalue weighted by Gasteiger charge is -2.40. The molecular weight excluding hydrogens is 402 g/mol. The first-order valence-electron chi connectivity index (χ1n) is 11.4. The van der Waals surface area contributed by atoms with Crippen molar-refractivity contribution in [3.05, 3.63) is 59.0 Å². The fraction of sp³-hybridized carbons (Fsp3) is 0.400. The third-order valence-electron chi connectivity index (χ3n) is 6.76. The van der Waals surface area contributed by atoms with E-state index in [0.717, 1.165) is 23.5 Å². The van der Waals surface area contributed by atoms with Gasteiger partial charge in [0.25, 0.3) is 5.56 Å². The number of nitrogens with zero attached hydrogens (tertiary/aromatic N) is 3. The van der Waals surface area contributed by atoms with Gasteiger partial charge in [-0.1, -0.05) is 12.5 Å². The van der Waals surface area contributed by atoms with Gasteiger partial charge < -0.3 is 20.3 Å². The Bertz CT molecular complexity index is 1150. The first-order chi connectivity index (χ1) is 15.5. The average Bonchev–Trinajstić information content (AvgIpc) is 2.80. The number of rotatable bonds is 5. The first kappa shape index (κ1) is 20.7. The Hall–Kier alpha value is -3.19. The number of benzene rings is 1. The van der Waals surface area contributed by atoms with Crippen molar-refractivity contribution in [2.24, 2.45) is 13.0 Å². The minimum atomic E-state index is -0.0901. The smallest absolute Gasteiger partial charge is 0.250 e. The number of phenols is 1. The zero-order valence-corrected chi connectivity index (χ0v) is 18.3. The molecule has 32 heavy (non-hydrogen) atoms. The fourth-order valence-electron chi connectivity index (χ4n) is 5.03. The number of nitrogens with one attached hydrogen (secondary N) is 2. The molecule has 2 fully saturated rings. The van der Waals surface area contributed by atoms with Gasteiger partial charge in [-0.3, -0.25) is 4.79 Å². The summed E-state index contributed by atoms with van der Waals surface area (Å²) in [7, 11) is 1.71. The highest BCUT2D eigenvalue weighted by molar-refractivity contribution is 5.74. The van der Waals surface area contributed by atoms with Gasteiger partial charge in [-0.15, -0.1) is 10.2 Å². The molecular formula is C25H29N5O2. The predicted octanol–water partition coefficient (Wildman–Crippen LogP) is 3.55. The molecule has 2 unspecified atom stereocenters. The second-order valence-electron chi connectivity index (χ2n) is 9.11. The molecule has 2 aliphatic rings. The molecule has 2 aliphatic heterocycles. The quantitative estimate of drug-likeness (QED) is 0.572. The summed E-state index contributed by atoms with van der Waals surface area (Å²) in [5.74, 6) is 1.53. The highest BCUT2D eigenvalue weighted by atomic mass is 16.3. The lowest BCUT2D eigenvalue weighted by atomic mass is 9.80. The Morgan fingerprint density at radius 2 is 1.84 bits per heavy atom. The molecule has 2 saturated heterocycles. The van der Waals surface area contributed by atoms with Crippen molar-refractivity contribution in [2.45, 2.75) is 44.2 Å². The number of fused-ring (bicyclic) bond motifs is 2. The maximum atomic E-state index is 11.9. The minimum Gasteiger partial charge on any atom is -0.507 e. The highest BCUT2D eigenvalue weighted by Crippen LogP contribution is 2.32. The van der Waals surface area contributed by atoms with Gasteiger partial charge in [0.1, 0.15) is 11.6 Å². The van der Waals surface area contributed by atoms with E-state index in [1.165, 1.54) is 36.7 Å². The van der Waals surface area contributed by atoms with Crippen LogP contribution in [0.3, 0.4) is 0 Å². The molecule has 3 N–H and O–H groups in total. The summed E-state index contributed by atoms with van der Waals surface area (Å²) >= 11 is 0. The second kappa shape index (κ2) is 8.74. The van der Waals surface area contributed by atoms with E-state index < -0.39 is 0 Å². The van der Waals surface area contributed by atoms with E-state index in [-0.39, 0.29) is 11.3 Å². The molecule has 7 nitrogen and oxygen atoms in total. The fourth-order valence-corrected chi connectivity index (χ4v) is 5.03. The Balaban J connectivity index is 1.25. The average molecular weight is 432 g/mol. The maximum Gasteiger partial charge on any atom is 0.250 e. The van der Waals surface area contributed by atoms with Crippen molar-refractivity contribution < 1.29 is 5.11 Å². The Labute approximate surface area is 187 Å². The van der Waals surface area contributed by atoms with Crippen molar-refractivity contribution in [1.29, 1.82) is 0 Å². The van der Waals surface area contributed by atoms with Crippen LogP contribution in [0.4, 0.5) is 5.82 Å². The van der Waals surface area contributed by atoms with Gasteiger partial charge in [0.05, 0.1) is 5.69 Å². The monoisotopic (exact) mass is 431 g/mol. The number of aromatic nitrogens is 3. The van der Waals surface area contributed by atoms with Crippen LogP contribution < -0.4 is 16.2 Å². The zero-order chi connectivity index (χ0) is 22.1. The van der Waals surface area contributed by atoms with Crippen molar-refractivity contribution in [3.8, 4) is 28.1 Å². The molecule has 2 aromatic heterocycles. The SMILES string of the molecule is Cn1ccc(-c2ccc(-c3ccc(NCC4CC5CCCC(C4)N5)nn3)c(O)c2)cc1=O. The van der Waals surface area contributed by atoms with E-state index in [2.05, 4.69) is 20.8 Å².